The minimum atomic E-state index is -0.160. The fourth-order valence-electron chi connectivity index (χ4n) is 3.16. The van der Waals surface area contributed by atoms with Crippen molar-refractivity contribution < 1.29 is 14.0 Å². The molecule has 0 radical (unpaired) electrons. The van der Waals surface area contributed by atoms with E-state index in [9.17, 15) is 9.59 Å². The summed E-state index contributed by atoms with van der Waals surface area (Å²) in [4.78, 5) is 33.1. The largest absolute Gasteiger partial charge is 0.444 e. The lowest BCUT2D eigenvalue weighted by molar-refractivity contribution is -0.132. The number of carbonyl (C=O) groups excluding carboxylic acids is 2. The molecule has 1 aliphatic heterocycles. The summed E-state index contributed by atoms with van der Waals surface area (Å²) in [6.45, 7) is 1.94. The smallest absolute Gasteiger partial charge is 0.289 e. The fourth-order valence-corrected chi connectivity index (χ4v) is 4.60. The molecule has 1 aromatic carbocycles. The van der Waals surface area contributed by atoms with Gasteiger partial charge in [-0.25, -0.2) is 4.98 Å². The third kappa shape index (κ3) is 4.55. The highest BCUT2D eigenvalue weighted by molar-refractivity contribution is 9.10. The highest BCUT2D eigenvalue weighted by Gasteiger charge is 2.26. The summed E-state index contributed by atoms with van der Waals surface area (Å²) < 4.78 is 5.85. The maximum atomic E-state index is 12.7. The monoisotopic (exact) mass is 493 g/mol. The Kier molecular flexibility index (Phi) is 6.03. The van der Waals surface area contributed by atoms with Crippen LogP contribution in [0.2, 0.25) is 5.02 Å². The average molecular weight is 495 g/mol. The Morgan fingerprint density at radius 3 is 2.52 bits per heavy atom. The van der Waals surface area contributed by atoms with Crippen molar-refractivity contribution in [3.63, 3.8) is 0 Å². The van der Waals surface area contributed by atoms with Gasteiger partial charge in [0.1, 0.15) is 5.01 Å². The predicted octanol–water partition coefficient (Wildman–Crippen LogP) is 4.35. The van der Waals surface area contributed by atoms with E-state index in [1.165, 1.54) is 11.3 Å². The maximum absolute atomic E-state index is 12.7. The molecule has 1 fully saturated rings. The molecule has 0 unspecified atom stereocenters. The Balaban J connectivity index is 1.34. The molecule has 6 nitrogen and oxygen atoms in total. The summed E-state index contributed by atoms with van der Waals surface area (Å²) >= 11 is 10.9. The molecule has 3 heterocycles. The van der Waals surface area contributed by atoms with Gasteiger partial charge in [0.2, 0.25) is 5.91 Å². The molecule has 0 atom stereocenters. The molecule has 150 valence electrons. The van der Waals surface area contributed by atoms with Crippen LogP contribution >= 0.6 is 38.9 Å². The lowest BCUT2D eigenvalue weighted by Crippen LogP contribution is -2.50. The highest BCUT2D eigenvalue weighted by Crippen LogP contribution is 2.30. The first kappa shape index (κ1) is 20.1. The second kappa shape index (κ2) is 8.69. The zero-order valence-corrected chi connectivity index (χ0v) is 18.5. The van der Waals surface area contributed by atoms with E-state index in [4.69, 9.17) is 16.0 Å². The molecule has 2 aromatic heterocycles. The standard InChI is InChI=1S/C20H17BrClN3O3S/c21-17-6-5-16(28-17)20(27)25-9-7-24(8-10-25)18(26)11-13-12-29-19(23-13)14-3-1-2-4-15(14)22/h1-6,12H,7-11H2. The first-order valence-electron chi connectivity index (χ1n) is 9.03. The maximum Gasteiger partial charge on any atom is 0.289 e. The van der Waals surface area contributed by atoms with Crippen molar-refractivity contribution in [3.05, 3.63) is 62.9 Å². The molecular weight excluding hydrogens is 478 g/mol. The van der Waals surface area contributed by atoms with Crippen LogP contribution in [0.25, 0.3) is 10.6 Å². The predicted molar refractivity (Wildman–Crippen MR) is 115 cm³/mol. The van der Waals surface area contributed by atoms with Gasteiger partial charge >= 0.3 is 0 Å². The second-order valence-corrected chi connectivity index (χ2v) is 8.62. The van der Waals surface area contributed by atoms with E-state index in [1.807, 2.05) is 29.6 Å². The molecule has 4 rings (SSSR count). The molecule has 29 heavy (non-hydrogen) atoms. The van der Waals surface area contributed by atoms with Crippen molar-refractivity contribution in [2.45, 2.75) is 6.42 Å². The Hall–Kier alpha value is -2.16. The Morgan fingerprint density at radius 1 is 1.10 bits per heavy atom. The summed E-state index contributed by atoms with van der Waals surface area (Å²) in [6, 6.07) is 10.9. The van der Waals surface area contributed by atoms with Crippen LogP contribution in [-0.2, 0) is 11.2 Å². The molecule has 1 saturated heterocycles. The molecule has 0 spiro atoms. The summed E-state index contributed by atoms with van der Waals surface area (Å²) in [5.41, 5.74) is 1.60. The third-order valence-electron chi connectivity index (χ3n) is 4.69. The number of piperazine rings is 1. The van der Waals surface area contributed by atoms with E-state index < -0.39 is 0 Å². The van der Waals surface area contributed by atoms with Crippen molar-refractivity contribution in [1.82, 2.24) is 14.8 Å². The molecule has 0 bridgehead atoms. The van der Waals surface area contributed by atoms with Crippen LogP contribution in [-0.4, -0.2) is 52.8 Å². The normalized spacial score (nSPS) is 14.3. The number of thiazole rings is 1. The number of amides is 2. The van der Waals surface area contributed by atoms with Crippen LogP contribution in [0.15, 0.2) is 50.9 Å². The Morgan fingerprint density at radius 2 is 1.83 bits per heavy atom. The molecule has 0 aliphatic carbocycles. The van der Waals surface area contributed by atoms with Gasteiger partial charge in [0.15, 0.2) is 10.4 Å². The molecular formula is C20H17BrClN3O3S. The minimum absolute atomic E-state index is 0.00820. The average Bonchev–Trinajstić information content (AvgIpc) is 3.37. The van der Waals surface area contributed by atoms with Gasteiger partial charge in [-0.3, -0.25) is 9.59 Å². The topological polar surface area (TPSA) is 66.7 Å². The number of hydrogen-bond acceptors (Lipinski definition) is 5. The molecule has 3 aromatic rings. The number of nitrogens with zero attached hydrogens (tertiary/aromatic N) is 3. The SMILES string of the molecule is O=C(Cc1csc(-c2ccccc2Cl)n1)N1CCN(C(=O)c2ccc(Br)o2)CC1. The summed E-state index contributed by atoms with van der Waals surface area (Å²) in [5.74, 6) is 0.145. The quantitative estimate of drug-likeness (QED) is 0.541. The van der Waals surface area contributed by atoms with Gasteiger partial charge in [0.25, 0.3) is 5.91 Å². The van der Waals surface area contributed by atoms with E-state index in [2.05, 4.69) is 20.9 Å². The zero-order chi connectivity index (χ0) is 20.4. The number of rotatable bonds is 4. The minimum Gasteiger partial charge on any atom is -0.444 e. The van der Waals surface area contributed by atoms with Crippen LogP contribution < -0.4 is 0 Å². The van der Waals surface area contributed by atoms with Crippen molar-refractivity contribution in [3.8, 4) is 10.6 Å². The van der Waals surface area contributed by atoms with Crippen LogP contribution in [0.5, 0.6) is 0 Å². The number of halogens is 2. The van der Waals surface area contributed by atoms with Gasteiger partial charge < -0.3 is 14.2 Å². The van der Waals surface area contributed by atoms with Gasteiger partial charge in [-0.2, -0.15) is 0 Å². The Bertz CT molecular complexity index is 1040. The van der Waals surface area contributed by atoms with Crippen LogP contribution in [0.4, 0.5) is 0 Å². The van der Waals surface area contributed by atoms with E-state index >= 15 is 0 Å². The molecule has 0 saturated carbocycles. The lowest BCUT2D eigenvalue weighted by Gasteiger charge is -2.34. The van der Waals surface area contributed by atoms with Crippen LogP contribution in [0.3, 0.4) is 0 Å². The van der Waals surface area contributed by atoms with E-state index in [1.54, 1.807) is 21.9 Å². The van der Waals surface area contributed by atoms with Gasteiger partial charge in [-0.15, -0.1) is 11.3 Å². The fraction of sp³-hybridized carbons (Fsp3) is 0.250. The number of hydrogen-bond donors (Lipinski definition) is 0. The lowest BCUT2D eigenvalue weighted by atomic mass is 10.2. The molecule has 2 amide bonds. The third-order valence-corrected chi connectivity index (χ3v) is 6.37. The molecule has 0 N–H and O–H groups in total. The van der Waals surface area contributed by atoms with E-state index in [0.29, 0.717) is 41.6 Å². The second-order valence-electron chi connectivity index (χ2n) is 6.58. The zero-order valence-electron chi connectivity index (χ0n) is 15.3. The summed E-state index contributed by atoms with van der Waals surface area (Å²) in [5, 5.41) is 3.34. The van der Waals surface area contributed by atoms with Crippen molar-refractivity contribution in [1.29, 1.82) is 0 Å². The van der Waals surface area contributed by atoms with E-state index in [0.717, 1.165) is 16.3 Å². The van der Waals surface area contributed by atoms with Crippen molar-refractivity contribution in [2.75, 3.05) is 26.2 Å². The first-order chi connectivity index (χ1) is 14.0. The highest BCUT2D eigenvalue weighted by atomic mass is 79.9. The van der Waals surface area contributed by atoms with Crippen molar-refractivity contribution in [2.24, 2.45) is 0 Å². The number of aromatic nitrogens is 1. The number of benzene rings is 1. The van der Waals surface area contributed by atoms with Gasteiger partial charge in [0, 0.05) is 37.1 Å². The molecule has 9 heteroatoms. The van der Waals surface area contributed by atoms with E-state index in [-0.39, 0.29) is 18.2 Å². The van der Waals surface area contributed by atoms with Gasteiger partial charge in [-0.05, 0) is 34.1 Å². The Labute approximate surface area is 185 Å². The van der Waals surface area contributed by atoms with Crippen molar-refractivity contribution >= 4 is 50.7 Å². The van der Waals surface area contributed by atoms with Crippen LogP contribution in [0.1, 0.15) is 16.2 Å². The first-order valence-corrected chi connectivity index (χ1v) is 11.1. The van der Waals surface area contributed by atoms with Gasteiger partial charge in [-0.1, -0.05) is 29.8 Å². The molecule has 1 aliphatic rings. The number of furan rings is 1. The summed E-state index contributed by atoms with van der Waals surface area (Å²) in [6.07, 6.45) is 0.236. The number of carbonyl (C=O) groups is 2. The van der Waals surface area contributed by atoms with Crippen LogP contribution in [0, 0.1) is 0 Å². The summed E-state index contributed by atoms with van der Waals surface area (Å²) in [7, 11) is 0. The van der Waals surface area contributed by atoms with Gasteiger partial charge in [0.05, 0.1) is 17.1 Å².